The van der Waals surface area contributed by atoms with Crippen molar-refractivity contribution in [3.05, 3.63) is 11.6 Å². The van der Waals surface area contributed by atoms with E-state index in [0.717, 1.165) is 12.8 Å². The Bertz CT molecular complexity index is 271. The highest BCUT2D eigenvalue weighted by Crippen LogP contribution is 2.31. The highest BCUT2D eigenvalue weighted by atomic mass is 16.4. The molecule has 0 bridgehead atoms. The van der Waals surface area contributed by atoms with Crippen molar-refractivity contribution in [3.63, 3.8) is 0 Å². The van der Waals surface area contributed by atoms with Crippen molar-refractivity contribution in [2.75, 3.05) is 14.1 Å². The first-order chi connectivity index (χ1) is 6.91. The second-order valence-electron chi connectivity index (χ2n) is 4.94. The third kappa shape index (κ3) is 3.06. The van der Waals surface area contributed by atoms with E-state index in [1.165, 1.54) is 5.57 Å². The summed E-state index contributed by atoms with van der Waals surface area (Å²) in [4.78, 5) is 13.0. The summed E-state index contributed by atoms with van der Waals surface area (Å²) in [5, 5.41) is 9.21. The van der Waals surface area contributed by atoms with Crippen LogP contribution >= 0.6 is 0 Å². The molecule has 0 saturated carbocycles. The molecule has 0 fully saturated rings. The van der Waals surface area contributed by atoms with E-state index in [0.29, 0.717) is 5.92 Å². The van der Waals surface area contributed by atoms with Crippen molar-refractivity contribution in [1.82, 2.24) is 4.90 Å². The van der Waals surface area contributed by atoms with Crippen LogP contribution < -0.4 is 0 Å². The summed E-state index contributed by atoms with van der Waals surface area (Å²) in [6.07, 6.45) is 4.15. The molecular formula is C12H21NO2. The van der Waals surface area contributed by atoms with Crippen molar-refractivity contribution < 1.29 is 9.90 Å². The van der Waals surface area contributed by atoms with Crippen molar-refractivity contribution in [2.24, 2.45) is 11.8 Å². The number of aliphatic carboxylic acids is 1. The molecule has 3 nitrogen and oxygen atoms in total. The molecule has 0 aliphatic heterocycles. The molecule has 0 aromatic carbocycles. The summed E-state index contributed by atoms with van der Waals surface area (Å²) < 4.78 is 0. The Labute approximate surface area is 91.8 Å². The number of hydrogen-bond acceptors (Lipinski definition) is 2. The van der Waals surface area contributed by atoms with Crippen molar-refractivity contribution in [1.29, 1.82) is 0 Å². The van der Waals surface area contributed by atoms with Gasteiger partial charge in [-0.15, -0.1) is 0 Å². The number of likely N-dealkylation sites (N-methyl/N-ethyl adjacent to an activating group) is 1. The van der Waals surface area contributed by atoms with Crippen LogP contribution in [0.5, 0.6) is 0 Å². The number of carboxylic acid groups (broad SMARTS) is 1. The van der Waals surface area contributed by atoms with Gasteiger partial charge >= 0.3 is 5.97 Å². The van der Waals surface area contributed by atoms with E-state index < -0.39 is 5.97 Å². The molecule has 0 radical (unpaired) electrons. The molecule has 0 aromatic heterocycles. The Morgan fingerprint density at radius 1 is 1.60 bits per heavy atom. The molecule has 15 heavy (non-hydrogen) atoms. The fourth-order valence-electron chi connectivity index (χ4n) is 2.68. The van der Waals surface area contributed by atoms with E-state index in [4.69, 9.17) is 0 Å². The first-order valence-electron chi connectivity index (χ1n) is 5.48. The molecule has 86 valence electrons. The number of nitrogens with zero attached hydrogens (tertiary/aromatic N) is 1. The number of rotatable bonds is 3. The molecular weight excluding hydrogens is 190 g/mol. The minimum Gasteiger partial charge on any atom is -0.480 e. The fourth-order valence-corrected chi connectivity index (χ4v) is 2.68. The monoisotopic (exact) mass is 211 g/mol. The van der Waals surface area contributed by atoms with Crippen LogP contribution in [0.4, 0.5) is 0 Å². The molecule has 1 aliphatic rings. The maximum absolute atomic E-state index is 11.2. The predicted octanol–water partition coefficient (Wildman–Crippen LogP) is 1.99. The van der Waals surface area contributed by atoms with Gasteiger partial charge in [-0.05, 0) is 45.7 Å². The minimum absolute atomic E-state index is 0.248. The highest BCUT2D eigenvalue weighted by molar-refractivity contribution is 5.74. The van der Waals surface area contributed by atoms with Gasteiger partial charge in [-0.25, -0.2) is 0 Å². The molecule has 0 amide bonds. The normalized spacial score (nSPS) is 28.7. The molecule has 0 aromatic rings. The van der Waals surface area contributed by atoms with Gasteiger partial charge in [-0.3, -0.25) is 9.69 Å². The van der Waals surface area contributed by atoms with Gasteiger partial charge in [0, 0.05) is 0 Å². The Hall–Kier alpha value is -0.830. The van der Waals surface area contributed by atoms with E-state index in [-0.39, 0.29) is 12.0 Å². The van der Waals surface area contributed by atoms with Crippen LogP contribution in [-0.2, 0) is 4.79 Å². The quantitative estimate of drug-likeness (QED) is 0.726. The Balaban J connectivity index is 2.78. The molecule has 1 rings (SSSR count). The van der Waals surface area contributed by atoms with Crippen LogP contribution in [0.15, 0.2) is 11.6 Å². The van der Waals surface area contributed by atoms with E-state index in [9.17, 15) is 9.90 Å². The SMILES string of the molecule is CC1=CC(C)CC(C(C(=O)O)N(C)C)C1. The second-order valence-corrected chi connectivity index (χ2v) is 4.94. The van der Waals surface area contributed by atoms with Gasteiger partial charge in [-0.1, -0.05) is 18.6 Å². The molecule has 1 N–H and O–H groups in total. The van der Waals surface area contributed by atoms with E-state index >= 15 is 0 Å². The minimum atomic E-state index is -0.702. The Kier molecular flexibility index (Phi) is 3.91. The smallest absolute Gasteiger partial charge is 0.321 e. The van der Waals surface area contributed by atoms with Gasteiger partial charge in [0.15, 0.2) is 0 Å². The van der Waals surface area contributed by atoms with Crippen LogP contribution in [0.2, 0.25) is 0 Å². The number of hydrogen-bond donors (Lipinski definition) is 1. The number of allylic oxidation sites excluding steroid dienone is 2. The number of carbonyl (C=O) groups is 1. The summed E-state index contributed by atoms with van der Waals surface area (Å²) in [5.41, 5.74) is 1.33. The van der Waals surface area contributed by atoms with Gasteiger partial charge in [0.1, 0.15) is 6.04 Å². The topological polar surface area (TPSA) is 40.5 Å². The average molecular weight is 211 g/mol. The molecule has 0 spiro atoms. The lowest BCUT2D eigenvalue weighted by molar-refractivity contribution is -0.144. The first-order valence-corrected chi connectivity index (χ1v) is 5.48. The maximum atomic E-state index is 11.2. The highest BCUT2D eigenvalue weighted by Gasteiger charge is 2.32. The summed E-state index contributed by atoms with van der Waals surface area (Å²) in [7, 11) is 3.69. The first kappa shape index (κ1) is 12.2. The second kappa shape index (κ2) is 4.79. The van der Waals surface area contributed by atoms with Crippen molar-refractivity contribution in [2.45, 2.75) is 32.7 Å². The summed E-state index contributed by atoms with van der Waals surface area (Å²) in [5.74, 6) is 0.0509. The lowest BCUT2D eigenvalue weighted by atomic mass is 9.79. The van der Waals surface area contributed by atoms with Gasteiger partial charge in [-0.2, -0.15) is 0 Å². The van der Waals surface area contributed by atoms with Crippen molar-refractivity contribution >= 4 is 5.97 Å². The van der Waals surface area contributed by atoms with Crippen LogP contribution in [0, 0.1) is 11.8 Å². The standard InChI is InChI=1S/C12H21NO2/c1-8-5-9(2)7-10(6-8)11(12(14)15)13(3)4/h5,8,10-11H,6-7H2,1-4H3,(H,14,15). The molecule has 0 saturated heterocycles. The van der Waals surface area contributed by atoms with Crippen LogP contribution in [0.1, 0.15) is 26.7 Å². The zero-order valence-electron chi connectivity index (χ0n) is 10.0. The lowest BCUT2D eigenvalue weighted by Crippen LogP contribution is -2.43. The summed E-state index contributed by atoms with van der Waals surface area (Å²) in [6.45, 7) is 4.25. The summed E-state index contributed by atoms with van der Waals surface area (Å²) >= 11 is 0. The van der Waals surface area contributed by atoms with E-state index in [1.807, 2.05) is 19.0 Å². The zero-order valence-corrected chi connectivity index (χ0v) is 10.0. The Morgan fingerprint density at radius 2 is 2.20 bits per heavy atom. The van der Waals surface area contributed by atoms with Crippen LogP contribution in [-0.4, -0.2) is 36.1 Å². The lowest BCUT2D eigenvalue weighted by Gasteiger charge is -2.33. The van der Waals surface area contributed by atoms with Crippen LogP contribution in [0.25, 0.3) is 0 Å². The average Bonchev–Trinajstić information content (AvgIpc) is 1.99. The van der Waals surface area contributed by atoms with Gasteiger partial charge in [0.25, 0.3) is 0 Å². The van der Waals surface area contributed by atoms with E-state index in [1.54, 1.807) is 0 Å². The fraction of sp³-hybridized carbons (Fsp3) is 0.750. The third-order valence-electron chi connectivity index (χ3n) is 3.08. The third-order valence-corrected chi connectivity index (χ3v) is 3.08. The van der Waals surface area contributed by atoms with Crippen molar-refractivity contribution in [3.8, 4) is 0 Å². The number of carboxylic acids is 1. The van der Waals surface area contributed by atoms with E-state index in [2.05, 4.69) is 19.9 Å². The maximum Gasteiger partial charge on any atom is 0.321 e. The zero-order chi connectivity index (χ0) is 11.6. The van der Waals surface area contributed by atoms with Gasteiger partial charge in [0.05, 0.1) is 0 Å². The summed E-state index contributed by atoms with van der Waals surface area (Å²) in [6, 6.07) is -0.351. The largest absolute Gasteiger partial charge is 0.480 e. The Morgan fingerprint density at radius 3 is 2.60 bits per heavy atom. The van der Waals surface area contributed by atoms with Crippen LogP contribution in [0.3, 0.4) is 0 Å². The molecule has 3 heteroatoms. The molecule has 3 atom stereocenters. The molecule has 3 unspecified atom stereocenters. The molecule has 1 aliphatic carbocycles. The predicted molar refractivity (Wildman–Crippen MR) is 60.8 cm³/mol. The van der Waals surface area contributed by atoms with Gasteiger partial charge < -0.3 is 5.11 Å². The molecule has 0 heterocycles. The van der Waals surface area contributed by atoms with Gasteiger partial charge in [0.2, 0.25) is 0 Å².